The Labute approximate surface area is 123 Å². The second-order valence-corrected chi connectivity index (χ2v) is 5.04. The zero-order valence-corrected chi connectivity index (χ0v) is 12.5. The predicted octanol–water partition coefficient (Wildman–Crippen LogP) is 1.81. The normalized spacial score (nSPS) is 10.4. The van der Waals surface area contributed by atoms with E-state index in [0.717, 1.165) is 5.56 Å². The maximum Gasteiger partial charge on any atom is 0.231 e. The van der Waals surface area contributed by atoms with Crippen LogP contribution in [-0.2, 0) is 6.54 Å². The molecule has 1 aromatic carbocycles. The molecule has 20 heavy (non-hydrogen) atoms. The van der Waals surface area contributed by atoms with Crippen LogP contribution in [-0.4, -0.2) is 36.1 Å². The SMILES string of the molecule is CN(C)c1nc(N)nc(N(C)Cc2ccccc2Cl)n1. The molecule has 0 radical (unpaired) electrons. The van der Waals surface area contributed by atoms with Crippen molar-refractivity contribution in [1.82, 2.24) is 15.0 Å². The number of aromatic nitrogens is 3. The summed E-state index contributed by atoms with van der Waals surface area (Å²) in [5.41, 5.74) is 6.72. The lowest BCUT2D eigenvalue weighted by Gasteiger charge is -2.19. The molecule has 6 nitrogen and oxygen atoms in total. The second kappa shape index (κ2) is 5.92. The van der Waals surface area contributed by atoms with Crippen LogP contribution in [0.3, 0.4) is 0 Å². The third-order valence-electron chi connectivity index (χ3n) is 2.74. The van der Waals surface area contributed by atoms with Crippen LogP contribution in [0.1, 0.15) is 5.56 Å². The van der Waals surface area contributed by atoms with Gasteiger partial charge in [0.2, 0.25) is 17.8 Å². The maximum atomic E-state index is 6.16. The smallest absolute Gasteiger partial charge is 0.231 e. The van der Waals surface area contributed by atoms with Gasteiger partial charge in [0.1, 0.15) is 0 Å². The predicted molar refractivity (Wildman–Crippen MR) is 82.1 cm³/mol. The third-order valence-corrected chi connectivity index (χ3v) is 3.10. The van der Waals surface area contributed by atoms with Crippen LogP contribution in [0.5, 0.6) is 0 Å². The topological polar surface area (TPSA) is 71.2 Å². The summed E-state index contributed by atoms with van der Waals surface area (Å²) in [6.07, 6.45) is 0. The van der Waals surface area contributed by atoms with Gasteiger partial charge in [0.25, 0.3) is 0 Å². The van der Waals surface area contributed by atoms with E-state index in [1.54, 1.807) is 4.90 Å². The highest BCUT2D eigenvalue weighted by atomic mass is 35.5. The Morgan fingerprint density at radius 2 is 1.70 bits per heavy atom. The van der Waals surface area contributed by atoms with Crippen molar-refractivity contribution in [2.75, 3.05) is 36.7 Å². The Kier molecular flexibility index (Phi) is 4.24. The molecule has 0 spiro atoms. The van der Waals surface area contributed by atoms with Gasteiger partial charge in [-0.1, -0.05) is 29.8 Å². The standard InChI is InChI=1S/C13H17ClN6/c1-19(2)12-16-11(15)17-13(18-12)20(3)8-9-6-4-5-7-10(9)14/h4-7H,8H2,1-3H3,(H2,15,16,17,18). The summed E-state index contributed by atoms with van der Waals surface area (Å²) in [5, 5.41) is 0.717. The molecular weight excluding hydrogens is 276 g/mol. The largest absolute Gasteiger partial charge is 0.368 e. The van der Waals surface area contributed by atoms with Gasteiger partial charge in [-0.05, 0) is 11.6 Å². The average Bonchev–Trinajstić information content (AvgIpc) is 2.40. The molecule has 7 heteroatoms. The van der Waals surface area contributed by atoms with Crippen LogP contribution in [0.25, 0.3) is 0 Å². The van der Waals surface area contributed by atoms with Crippen LogP contribution in [0, 0.1) is 0 Å². The molecular formula is C13H17ClN6. The summed E-state index contributed by atoms with van der Waals surface area (Å²) in [5.74, 6) is 1.24. The van der Waals surface area contributed by atoms with Gasteiger partial charge in [-0.2, -0.15) is 15.0 Å². The van der Waals surface area contributed by atoms with Crippen LogP contribution < -0.4 is 15.5 Å². The van der Waals surface area contributed by atoms with Crippen molar-refractivity contribution >= 4 is 29.4 Å². The number of nitrogens with two attached hydrogens (primary N) is 1. The molecule has 2 rings (SSSR count). The lowest BCUT2D eigenvalue weighted by molar-refractivity contribution is 0.846. The summed E-state index contributed by atoms with van der Waals surface area (Å²) in [4.78, 5) is 16.3. The molecule has 2 aromatic rings. The van der Waals surface area contributed by atoms with Crippen molar-refractivity contribution in [1.29, 1.82) is 0 Å². The molecule has 0 aliphatic rings. The minimum absolute atomic E-state index is 0.199. The van der Waals surface area contributed by atoms with E-state index < -0.39 is 0 Å². The molecule has 1 aromatic heterocycles. The lowest BCUT2D eigenvalue weighted by Crippen LogP contribution is -2.22. The first-order chi connectivity index (χ1) is 9.47. The van der Waals surface area contributed by atoms with E-state index in [1.165, 1.54) is 0 Å². The minimum atomic E-state index is 0.199. The van der Waals surface area contributed by atoms with E-state index in [0.29, 0.717) is 23.5 Å². The van der Waals surface area contributed by atoms with Gasteiger partial charge in [0.15, 0.2) is 0 Å². The summed E-state index contributed by atoms with van der Waals surface area (Å²) in [6, 6.07) is 7.67. The van der Waals surface area contributed by atoms with Crippen molar-refractivity contribution in [3.63, 3.8) is 0 Å². The Balaban J connectivity index is 2.25. The Morgan fingerprint density at radius 1 is 1.05 bits per heavy atom. The van der Waals surface area contributed by atoms with Crippen molar-refractivity contribution in [2.24, 2.45) is 0 Å². The highest BCUT2D eigenvalue weighted by Crippen LogP contribution is 2.19. The maximum absolute atomic E-state index is 6.16. The van der Waals surface area contributed by atoms with Gasteiger partial charge in [-0.15, -0.1) is 0 Å². The number of nitrogens with zero attached hydrogens (tertiary/aromatic N) is 5. The summed E-state index contributed by atoms with van der Waals surface area (Å²) < 4.78 is 0. The van der Waals surface area contributed by atoms with Crippen LogP contribution >= 0.6 is 11.6 Å². The third kappa shape index (κ3) is 3.27. The molecule has 0 atom stereocenters. The number of benzene rings is 1. The molecule has 0 amide bonds. The number of anilines is 3. The van der Waals surface area contributed by atoms with Gasteiger partial charge in [-0.3, -0.25) is 0 Å². The summed E-state index contributed by atoms with van der Waals surface area (Å²) in [6.45, 7) is 0.593. The molecule has 0 saturated carbocycles. The number of hydrogen-bond acceptors (Lipinski definition) is 6. The lowest BCUT2D eigenvalue weighted by atomic mass is 10.2. The van der Waals surface area contributed by atoms with E-state index in [2.05, 4.69) is 15.0 Å². The zero-order valence-electron chi connectivity index (χ0n) is 11.7. The Bertz CT molecular complexity index is 601. The molecule has 0 saturated heterocycles. The van der Waals surface area contributed by atoms with Gasteiger partial charge < -0.3 is 15.5 Å². The Hall–Kier alpha value is -2.08. The fourth-order valence-electron chi connectivity index (χ4n) is 1.69. The van der Waals surface area contributed by atoms with E-state index in [-0.39, 0.29) is 5.95 Å². The highest BCUT2D eigenvalue weighted by molar-refractivity contribution is 6.31. The van der Waals surface area contributed by atoms with Crippen molar-refractivity contribution in [3.8, 4) is 0 Å². The molecule has 2 N–H and O–H groups in total. The second-order valence-electron chi connectivity index (χ2n) is 4.64. The molecule has 1 heterocycles. The quantitative estimate of drug-likeness (QED) is 0.927. The zero-order chi connectivity index (χ0) is 14.7. The fraction of sp³-hybridized carbons (Fsp3) is 0.308. The van der Waals surface area contributed by atoms with Gasteiger partial charge >= 0.3 is 0 Å². The van der Waals surface area contributed by atoms with Gasteiger partial charge in [-0.25, -0.2) is 0 Å². The minimum Gasteiger partial charge on any atom is -0.368 e. The van der Waals surface area contributed by atoms with E-state index in [4.69, 9.17) is 17.3 Å². The average molecular weight is 293 g/mol. The molecule has 0 aliphatic heterocycles. The molecule has 0 unspecified atom stereocenters. The monoisotopic (exact) mass is 292 g/mol. The highest BCUT2D eigenvalue weighted by Gasteiger charge is 2.11. The summed E-state index contributed by atoms with van der Waals surface area (Å²) in [7, 11) is 5.59. The van der Waals surface area contributed by atoms with E-state index in [9.17, 15) is 0 Å². The van der Waals surface area contributed by atoms with Gasteiger partial charge in [0.05, 0.1) is 0 Å². The first kappa shape index (κ1) is 14.3. The van der Waals surface area contributed by atoms with E-state index in [1.807, 2.05) is 50.3 Å². The number of halogens is 1. The van der Waals surface area contributed by atoms with Crippen LogP contribution in [0.15, 0.2) is 24.3 Å². The molecule has 0 bridgehead atoms. The van der Waals surface area contributed by atoms with Crippen molar-refractivity contribution in [2.45, 2.75) is 6.54 Å². The van der Waals surface area contributed by atoms with Crippen molar-refractivity contribution in [3.05, 3.63) is 34.9 Å². The van der Waals surface area contributed by atoms with Crippen LogP contribution in [0.4, 0.5) is 17.8 Å². The first-order valence-corrected chi connectivity index (χ1v) is 6.48. The Morgan fingerprint density at radius 3 is 2.35 bits per heavy atom. The fourth-order valence-corrected chi connectivity index (χ4v) is 1.89. The number of hydrogen-bond donors (Lipinski definition) is 1. The van der Waals surface area contributed by atoms with Crippen LogP contribution in [0.2, 0.25) is 5.02 Å². The number of rotatable bonds is 4. The number of nitrogen functional groups attached to an aromatic ring is 1. The molecule has 0 aliphatic carbocycles. The first-order valence-electron chi connectivity index (χ1n) is 6.11. The van der Waals surface area contributed by atoms with Gasteiger partial charge in [0, 0.05) is 32.7 Å². The molecule has 0 fully saturated rings. The summed E-state index contributed by atoms with van der Waals surface area (Å²) >= 11 is 6.16. The molecule has 106 valence electrons. The van der Waals surface area contributed by atoms with Crippen molar-refractivity contribution < 1.29 is 0 Å². The van der Waals surface area contributed by atoms with E-state index >= 15 is 0 Å².